The summed E-state index contributed by atoms with van der Waals surface area (Å²) in [6.45, 7) is 0.318. The molecule has 1 saturated heterocycles. The Bertz CT molecular complexity index is 1500. The van der Waals surface area contributed by atoms with Gasteiger partial charge < -0.3 is 4.74 Å². The molecule has 4 nitrogen and oxygen atoms in total. The first-order valence-corrected chi connectivity index (χ1v) is 12.9. The van der Waals surface area contributed by atoms with Crippen LogP contribution in [0.25, 0.3) is 16.8 Å². The fourth-order valence-electron chi connectivity index (χ4n) is 3.90. The van der Waals surface area contributed by atoms with Crippen molar-refractivity contribution < 1.29 is 14.3 Å². The summed E-state index contributed by atoms with van der Waals surface area (Å²) in [5.74, 6) is 0.196. The summed E-state index contributed by atoms with van der Waals surface area (Å²) in [5, 5.41) is 2.97. The molecule has 4 aromatic carbocycles. The largest absolute Gasteiger partial charge is 0.488 e. The summed E-state index contributed by atoms with van der Waals surface area (Å²) in [6, 6.07) is 24.1. The summed E-state index contributed by atoms with van der Waals surface area (Å²) >= 11 is 19.4. The van der Waals surface area contributed by atoms with Crippen LogP contribution >= 0.6 is 46.6 Å². The van der Waals surface area contributed by atoms with Crippen LogP contribution in [0.3, 0.4) is 0 Å². The van der Waals surface area contributed by atoms with E-state index in [1.54, 1.807) is 24.3 Å². The first kappa shape index (κ1) is 24.7. The van der Waals surface area contributed by atoms with Gasteiger partial charge in [0, 0.05) is 26.2 Å². The molecule has 0 unspecified atom stereocenters. The van der Waals surface area contributed by atoms with Gasteiger partial charge in [-0.15, -0.1) is 0 Å². The topological polar surface area (TPSA) is 46.6 Å². The van der Waals surface area contributed by atoms with Gasteiger partial charge in [-0.3, -0.25) is 14.5 Å². The van der Waals surface area contributed by atoms with E-state index < -0.39 is 5.91 Å². The van der Waals surface area contributed by atoms with Crippen molar-refractivity contribution in [1.82, 2.24) is 4.90 Å². The van der Waals surface area contributed by atoms with E-state index >= 15 is 0 Å². The van der Waals surface area contributed by atoms with Gasteiger partial charge in [0.2, 0.25) is 0 Å². The van der Waals surface area contributed by atoms with Crippen molar-refractivity contribution >= 4 is 74.6 Å². The average molecular weight is 555 g/mol. The predicted octanol–water partition coefficient (Wildman–Crippen LogP) is 8.62. The van der Waals surface area contributed by atoms with Crippen molar-refractivity contribution in [2.75, 3.05) is 0 Å². The summed E-state index contributed by atoms with van der Waals surface area (Å²) < 4.78 is 6.16. The van der Waals surface area contributed by atoms with E-state index in [9.17, 15) is 9.59 Å². The lowest BCUT2D eigenvalue weighted by Crippen LogP contribution is -2.27. The van der Waals surface area contributed by atoms with Gasteiger partial charge in [0.1, 0.15) is 12.4 Å². The second-order valence-electron chi connectivity index (χ2n) is 8.08. The van der Waals surface area contributed by atoms with E-state index in [0.717, 1.165) is 38.6 Å². The summed E-state index contributed by atoms with van der Waals surface area (Å²) in [7, 11) is 0. The Morgan fingerprint density at radius 3 is 2.31 bits per heavy atom. The molecule has 0 aliphatic carbocycles. The Balaban J connectivity index is 1.49. The number of imide groups is 1. The van der Waals surface area contributed by atoms with Crippen LogP contribution in [0.5, 0.6) is 5.75 Å². The first-order chi connectivity index (χ1) is 17.4. The summed E-state index contributed by atoms with van der Waals surface area (Å²) in [6.07, 6.45) is 1.72. The Kier molecular flexibility index (Phi) is 7.26. The van der Waals surface area contributed by atoms with Crippen molar-refractivity contribution in [3.05, 3.63) is 116 Å². The van der Waals surface area contributed by atoms with Gasteiger partial charge in [0.05, 0.1) is 11.4 Å². The number of carbonyl (C=O) groups is 2. The zero-order valence-corrected chi connectivity index (χ0v) is 21.8. The minimum absolute atomic E-state index is 0.00399. The number of halogens is 3. The van der Waals surface area contributed by atoms with Gasteiger partial charge in [0.15, 0.2) is 0 Å². The monoisotopic (exact) mass is 553 g/mol. The van der Waals surface area contributed by atoms with Crippen LogP contribution in [0.1, 0.15) is 16.7 Å². The minimum Gasteiger partial charge on any atom is -0.488 e. The highest BCUT2D eigenvalue weighted by atomic mass is 35.5. The number of fused-ring (bicyclic) bond motifs is 1. The molecule has 0 N–H and O–H groups in total. The number of benzene rings is 4. The van der Waals surface area contributed by atoms with E-state index in [1.165, 1.54) is 0 Å². The van der Waals surface area contributed by atoms with Crippen LogP contribution in [-0.2, 0) is 17.9 Å². The number of thioether (sulfide) groups is 1. The molecule has 8 heteroatoms. The van der Waals surface area contributed by atoms with E-state index in [4.69, 9.17) is 39.5 Å². The van der Waals surface area contributed by atoms with E-state index in [0.29, 0.717) is 37.9 Å². The van der Waals surface area contributed by atoms with Gasteiger partial charge in [-0.05, 0) is 64.5 Å². The molecule has 1 fully saturated rings. The number of rotatable bonds is 6. The smallest absolute Gasteiger partial charge is 0.293 e. The summed E-state index contributed by atoms with van der Waals surface area (Å²) in [5.41, 5.74) is 2.21. The van der Waals surface area contributed by atoms with Crippen LogP contribution in [-0.4, -0.2) is 16.0 Å². The number of hydrogen-bond donors (Lipinski definition) is 0. The molecule has 5 rings (SSSR count). The quantitative estimate of drug-likeness (QED) is 0.224. The maximum atomic E-state index is 13.3. The van der Waals surface area contributed by atoms with Crippen molar-refractivity contribution in [3.8, 4) is 5.75 Å². The standard InChI is InChI=1S/C28H18Cl3NO3S/c29-19-11-8-17(9-12-19)16-35-25-13-10-18-4-1-2-5-20(18)21(25)14-26-27(33)32(28(34)36-26)15-22-23(30)6-3-7-24(22)31/h1-14H,15-16H2/b26-14-. The van der Waals surface area contributed by atoms with E-state index in [2.05, 4.69) is 0 Å². The van der Waals surface area contributed by atoms with E-state index in [-0.39, 0.29) is 11.8 Å². The molecule has 1 aliphatic heterocycles. The first-order valence-electron chi connectivity index (χ1n) is 11.0. The molecule has 4 aromatic rings. The third-order valence-electron chi connectivity index (χ3n) is 5.77. The number of carbonyl (C=O) groups excluding carboxylic acids is 2. The average Bonchev–Trinajstić information content (AvgIpc) is 3.14. The van der Waals surface area contributed by atoms with Gasteiger partial charge in [-0.1, -0.05) is 83.3 Å². The number of hydrogen-bond acceptors (Lipinski definition) is 4. The Hall–Kier alpha value is -2.96. The highest BCUT2D eigenvalue weighted by Gasteiger charge is 2.36. The summed E-state index contributed by atoms with van der Waals surface area (Å²) in [4.78, 5) is 27.5. The maximum Gasteiger partial charge on any atom is 0.293 e. The van der Waals surface area contributed by atoms with Gasteiger partial charge in [0.25, 0.3) is 11.1 Å². The molecule has 180 valence electrons. The highest BCUT2D eigenvalue weighted by molar-refractivity contribution is 8.18. The normalized spacial score (nSPS) is 14.8. The number of nitrogens with zero attached hydrogens (tertiary/aromatic N) is 1. The molecule has 1 heterocycles. The zero-order chi connectivity index (χ0) is 25.2. The molecule has 0 saturated carbocycles. The van der Waals surface area contributed by atoms with Crippen LogP contribution in [0.2, 0.25) is 15.1 Å². The van der Waals surface area contributed by atoms with Crippen LogP contribution in [0.15, 0.2) is 83.8 Å². The van der Waals surface area contributed by atoms with Crippen LogP contribution < -0.4 is 4.74 Å². The molecule has 1 aliphatic rings. The van der Waals surface area contributed by atoms with Crippen LogP contribution in [0.4, 0.5) is 4.79 Å². The van der Waals surface area contributed by atoms with Crippen molar-refractivity contribution in [2.45, 2.75) is 13.2 Å². The molecule has 0 aromatic heterocycles. The highest BCUT2D eigenvalue weighted by Crippen LogP contribution is 2.38. The minimum atomic E-state index is -0.405. The second-order valence-corrected chi connectivity index (χ2v) is 10.3. The Labute approximate surface area is 227 Å². The van der Waals surface area contributed by atoms with Gasteiger partial charge in [-0.25, -0.2) is 0 Å². The lowest BCUT2D eigenvalue weighted by atomic mass is 10.0. The zero-order valence-electron chi connectivity index (χ0n) is 18.7. The number of ether oxygens (including phenoxy) is 1. The maximum absolute atomic E-state index is 13.3. The lowest BCUT2D eigenvalue weighted by Gasteiger charge is -2.15. The molecule has 36 heavy (non-hydrogen) atoms. The van der Waals surface area contributed by atoms with Gasteiger partial charge in [-0.2, -0.15) is 0 Å². The van der Waals surface area contributed by atoms with Crippen molar-refractivity contribution in [3.63, 3.8) is 0 Å². The molecule has 0 atom stereocenters. The molecule has 0 bridgehead atoms. The second kappa shape index (κ2) is 10.6. The Morgan fingerprint density at radius 2 is 1.56 bits per heavy atom. The van der Waals surface area contributed by atoms with Gasteiger partial charge >= 0.3 is 0 Å². The predicted molar refractivity (Wildman–Crippen MR) is 148 cm³/mol. The van der Waals surface area contributed by atoms with Crippen molar-refractivity contribution in [1.29, 1.82) is 0 Å². The SMILES string of the molecule is O=C1S/C(=C\c2c(OCc3ccc(Cl)cc3)ccc3ccccc23)C(=O)N1Cc1c(Cl)cccc1Cl. The molecule has 0 spiro atoms. The van der Waals surface area contributed by atoms with E-state index in [1.807, 2.05) is 60.7 Å². The van der Waals surface area contributed by atoms with Crippen molar-refractivity contribution in [2.24, 2.45) is 0 Å². The third kappa shape index (κ3) is 5.11. The lowest BCUT2D eigenvalue weighted by molar-refractivity contribution is -0.123. The number of amides is 2. The Morgan fingerprint density at radius 1 is 0.833 bits per heavy atom. The molecular formula is C28H18Cl3NO3S. The molecular weight excluding hydrogens is 537 g/mol. The fraction of sp³-hybridized carbons (Fsp3) is 0.0714. The molecule has 2 amide bonds. The van der Waals surface area contributed by atoms with Crippen LogP contribution in [0, 0.1) is 0 Å². The fourth-order valence-corrected chi connectivity index (χ4v) is 5.36. The third-order valence-corrected chi connectivity index (χ3v) is 7.63. The molecule has 0 radical (unpaired) electrons.